The molecule has 3 aromatic rings. The van der Waals surface area contributed by atoms with Crippen LogP contribution in [0, 0.1) is 23.3 Å². The molecule has 29 heavy (non-hydrogen) atoms. The predicted octanol–water partition coefficient (Wildman–Crippen LogP) is 4.81. The molecular weight excluding hydrogens is 392 g/mol. The van der Waals surface area contributed by atoms with E-state index in [1.807, 2.05) is 0 Å². The van der Waals surface area contributed by atoms with Crippen LogP contribution in [0.2, 0.25) is 0 Å². The minimum atomic E-state index is -1.21. The highest BCUT2D eigenvalue weighted by atomic mass is 19.2. The van der Waals surface area contributed by atoms with Crippen LogP contribution in [0.15, 0.2) is 60.7 Å². The molecule has 0 amide bonds. The Morgan fingerprint density at radius 2 is 1.21 bits per heavy atom. The number of benzene rings is 3. The van der Waals surface area contributed by atoms with Gasteiger partial charge in [0, 0.05) is 17.7 Å². The van der Waals surface area contributed by atoms with E-state index in [2.05, 4.69) is 0 Å². The van der Waals surface area contributed by atoms with Crippen molar-refractivity contribution in [2.24, 2.45) is 0 Å². The number of hydrogen-bond donors (Lipinski definition) is 0. The number of carbonyl (C=O) groups excluding carboxylic acids is 2. The van der Waals surface area contributed by atoms with E-state index in [0.29, 0.717) is 11.6 Å². The molecule has 3 rings (SSSR count). The topological polar surface area (TPSA) is 52.6 Å². The maximum atomic E-state index is 14.3. The first-order valence-corrected chi connectivity index (χ1v) is 8.24. The van der Waals surface area contributed by atoms with Crippen LogP contribution in [-0.4, -0.2) is 11.9 Å². The number of ether oxygens (including phenoxy) is 2. The van der Waals surface area contributed by atoms with E-state index < -0.39 is 41.6 Å². The third kappa shape index (κ3) is 5.19. The van der Waals surface area contributed by atoms with Gasteiger partial charge in [-0.25, -0.2) is 17.6 Å². The average Bonchev–Trinajstić information content (AvgIpc) is 2.65. The second-order valence-electron chi connectivity index (χ2n) is 5.85. The lowest BCUT2D eigenvalue weighted by molar-refractivity contribution is -0.144. The quantitative estimate of drug-likeness (QED) is 0.265. The first-order valence-electron chi connectivity index (χ1n) is 8.24. The molecule has 0 unspecified atom stereocenters. The summed E-state index contributed by atoms with van der Waals surface area (Å²) in [5, 5.41) is 0. The predicted molar refractivity (Wildman–Crippen MR) is 94.0 cm³/mol. The van der Waals surface area contributed by atoms with Crippen molar-refractivity contribution in [3.8, 4) is 22.6 Å². The molecule has 0 aliphatic heterocycles. The van der Waals surface area contributed by atoms with Gasteiger partial charge in [0.05, 0.1) is 0 Å². The van der Waals surface area contributed by atoms with Crippen LogP contribution < -0.4 is 9.47 Å². The molecule has 0 N–H and O–H groups in total. The van der Waals surface area contributed by atoms with Crippen LogP contribution in [0.25, 0.3) is 11.1 Å². The SMILES string of the molecule is O=C(CC(=O)Oc1ccc(-c2ccc(F)cc2)c(F)c1)Oc1ccc(F)c(F)c1. The Labute approximate surface area is 162 Å². The minimum Gasteiger partial charge on any atom is -0.426 e. The molecule has 0 saturated heterocycles. The summed E-state index contributed by atoms with van der Waals surface area (Å²) < 4.78 is 62.7. The van der Waals surface area contributed by atoms with Gasteiger partial charge in [0.15, 0.2) is 11.6 Å². The van der Waals surface area contributed by atoms with E-state index in [4.69, 9.17) is 9.47 Å². The maximum Gasteiger partial charge on any atom is 0.322 e. The van der Waals surface area contributed by atoms with Crippen LogP contribution in [0.1, 0.15) is 6.42 Å². The molecule has 0 fully saturated rings. The van der Waals surface area contributed by atoms with Gasteiger partial charge >= 0.3 is 11.9 Å². The van der Waals surface area contributed by atoms with Crippen LogP contribution in [0.3, 0.4) is 0 Å². The monoisotopic (exact) mass is 404 g/mol. The van der Waals surface area contributed by atoms with Crippen molar-refractivity contribution < 1.29 is 36.6 Å². The van der Waals surface area contributed by atoms with Crippen LogP contribution >= 0.6 is 0 Å². The van der Waals surface area contributed by atoms with Crippen LogP contribution in [-0.2, 0) is 9.59 Å². The fraction of sp³-hybridized carbons (Fsp3) is 0.0476. The Hall–Kier alpha value is -3.68. The lowest BCUT2D eigenvalue weighted by Crippen LogP contribution is -2.18. The van der Waals surface area contributed by atoms with E-state index in [0.717, 1.165) is 18.2 Å². The fourth-order valence-corrected chi connectivity index (χ4v) is 2.42. The molecule has 0 aliphatic carbocycles. The number of carbonyl (C=O) groups is 2. The van der Waals surface area contributed by atoms with E-state index in [9.17, 15) is 27.2 Å². The Morgan fingerprint density at radius 3 is 1.76 bits per heavy atom. The summed E-state index contributed by atoms with van der Waals surface area (Å²) in [7, 11) is 0. The highest BCUT2D eigenvalue weighted by Gasteiger charge is 2.16. The summed E-state index contributed by atoms with van der Waals surface area (Å²) in [5.74, 6) is -6.04. The number of esters is 2. The zero-order valence-corrected chi connectivity index (χ0v) is 14.6. The number of rotatable bonds is 5. The van der Waals surface area contributed by atoms with Crippen molar-refractivity contribution in [3.63, 3.8) is 0 Å². The Morgan fingerprint density at radius 1 is 0.655 bits per heavy atom. The summed E-state index contributed by atoms with van der Waals surface area (Å²) in [4.78, 5) is 23.5. The third-order valence-corrected chi connectivity index (χ3v) is 3.74. The van der Waals surface area contributed by atoms with Crippen LogP contribution in [0.5, 0.6) is 11.5 Å². The van der Waals surface area contributed by atoms with E-state index in [1.54, 1.807) is 0 Å². The largest absolute Gasteiger partial charge is 0.426 e. The van der Waals surface area contributed by atoms with Crippen molar-refractivity contribution in [2.75, 3.05) is 0 Å². The molecule has 8 heteroatoms. The third-order valence-electron chi connectivity index (χ3n) is 3.74. The minimum absolute atomic E-state index is 0.154. The molecule has 0 saturated carbocycles. The molecule has 148 valence electrons. The van der Waals surface area contributed by atoms with Crippen molar-refractivity contribution >= 4 is 11.9 Å². The molecule has 0 heterocycles. The molecule has 0 atom stereocenters. The number of halogens is 4. The Bertz CT molecular complexity index is 1060. The normalized spacial score (nSPS) is 10.5. The van der Waals surface area contributed by atoms with E-state index in [-0.39, 0.29) is 17.1 Å². The summed E-state index contributed by atoms with van der Waals surface area (Å²) in [6.45, 7) is 0. The first kappa shape index (κ1) is 20.1. The molecule has 0 aliphatic rings. The molecule has 4 nitrogen and oxygen atoms in total. The number of hydrogen-bond acceptors (Lipinski definition) is 4. The van der Waals surface area contributed by atoms with E-state index in [1.165, 1.54) is 36.4 Å². The average molecular weight is 404 g/mol. The molecular formula is C21H12F4O4. The molecule has 0 bridgehead atoms. The van der Waals surface area contributed by atoms with Gasteiger partial charge in [0.2, 0.25) is 0 Å². The summed E-state index contributed by atoms with van der Waals surface area (Å²) in [6, 6.07) is 11.2. The summed E-state index contributed by atoms with van der Waals surface area (Å²) in [6.07, 6.45) is -0.833. The molecule has 3 aromatic carbocycles. The second-order valence-corrected chi connectivity index (χ2v) is 5.85. The first-order chi connectivity index (χ1) is 13.8. The standard InChI is InChI=1S/C21H12F4O4/c22-13-3-1-12(2-4-13)16-7-5-14(9-18(16)24)28-20(26)11-21(27)29-15-6-8-17(23)19(25)10-15/h1-10H,11H2. The lowest BCUT2D eigenvalue weighted by atomic mass is 10.1. The van der Waals surface area contributed by atoms with Gasteiger partial charge in [-0.2, -0.15) is 0 Å². The zero-order valence-electron chi connectivity index (χ0n) is 14.6. The molecule has 0 radical (unpaired) electrons. The fourth-order valence-electron chi connectivity index (χ4n) is 2.42. The smallest absolute Gasteiger partial charge is 0.322 e. The lowest BCUT2D eigenvalue weighted by Gasteiger charge is -2.08. The van der Waals surface area contributed by atoms with E-state index >= 15 is 0 Å². The van der Waals surface area contributed by atoms with Crippen molar-refractivity contribution in [3.05, 3.63) is 83.9 Å². The van der Waals surface area contributed by atoms with Gasteiger partial charge in [0.25, 0.3) is 0 Å². The second kappa shape index (κ2) is 8.55. The van der Waals surface area contributed by atoms with Crippen molar-refractivity contribution in [1.29, 1.82) is 0 Å². The summed E-state index contributed by atoms with van der Waals surface area (Å²) >= 11 is 0. The molecule has 0 spiro atoms. The molecule has 0 aromatic heterocycles. The highest BCUT2D eigenvalue weighted by molar-refractivity contribution is 5.93. The Kier molecular flexibility index (Phi) is 5.92. The Balaban J connectivity index is 1.61. The van der Waals surface area contributed by atoms with Gasteiger partial charge in [-0.1, -0.05) is 12.1 Å². The van der Waals surface area contributed by atoms with Gasteiger partial charge < -0.3 is 9.47 Å². The van der Waals surface area contributed by atoms with Gasteiger partial charge in [0.1, 0.15) is 29.6 Å². The van der Waals surface area contributed by atoms with Crippen molar-refractivity contribution in [2.45, 2.75) is 6.42 Å². The summed E-state index contributed by atoms with van der Waals surface area (Å²) in [5.41, 5.74) is 0.597. The van der Waals surface area contributed by atoms with Gasteiger partial charge in [-0.3, -0.25) is 9.59 Å². The zero-order chi connectivity index (χ0) is 21.0. The van der Waals surface area contributed by atoms with Crippen molar-refractivity contribution in [1.82, 2.24) is 0 Å². The highest BCUT2D eigenvalue weighted by Crippen LogP contribution is 2.26. The van der Waals surface area contributed by atoms with Crippen LogP contribution in [0.4, 0.5) is 17.6 Å². The van der Waals surface area contributed by atoms with Gasteiger partial charge in [-0.05, 0) is 42.0 Å². The maximum absolute atomic E-state index is 14.3. The van der Waals surface area contributed by atoms with Gasteiger partial charge in [-0.15, -0.1) is 0 Å².